The molecule has 0 bridgehead atoms. The Hall–Kier alpha value is -4.82. The number of hydrogen-bond donors (Lipinski definition) is 0. The molecule has 8 rings (SSSR count). The molecule has 0 fully saturated rings. The van der Waals surface area contributed by atoms with Crippen LogP contribution in [0.5, 0.6) is 0 Å². The molecule has 4 heterocycles. The van der Waals surface area contributed by atoms with E-state index in [0.29, 0.717) is 0 Å². The lowest BCUT2D eigenvalue weighted by Gasteiger charge is -2.40. The largest absolute Gasteiger partial charge is 0.316 e. The summed E-state index contributed by atoms with van der Waals surface area (Å²) in [6.45, 7) is 0.212. The van der Waals surface area contributed by atoms with E-state index in [9.17, 15) is 0 Å². The summed E-state index contributed by atoms with van der Waals surface area (Å²) in [7, 11) is 0. The molecule has 4 aromatic rings. The number of anilines is 1. The fourth-order valence-corrected chi connectivity index (χ4v) is 6.36. The van der Waals surface area contributed by atoms with Gasteiger partial charge in [0, 0.05) is 17.3 Å². The quantitative estimate of drug-likeness (QED) is 0.264. The van der Waals surface area contributed by atoms with Crippen LogP contribution in [0.1, 0.15) is 16.7 Å². The summed E-state index contributed by atoms with van der Waals surface area (Å²) in [5.74, 6) is 2.40. The molecule has 1 nitrogen and oxygen atoms in total. The maximum absolute atomic E-state index is 2.43. The second kappa shape index (κ2) is 8.36. The summed E-state index contributed by atoms with van der Waals surface area (Å²) in [6, 6.07) is 37.4. The van der Waals surface area contributed by atoms with E-state index in [0.717, 1.165) is 0 Å². The van der Waals surface area contributed by atoms with E-state index in [1.165, 1.54) is 66.9 Å². The van der Waals surface area contributed by atoms with Crippen LogP contribution in [0, 0.1) is 0 Å². The second-order valence-electron chi connectivity index (χ2n) is 10.1. The van der Waals surface area contributed by atoms with Crippen molar-refractivity contribution >= 4 is 34.6 Å². The third-order valence-corrected chi connectivity index (χ3v) is 8.07. The molecule has 0 aromatic heterocycles. The van der Waals surface area contributed by atoms with Crippen LogP contribution in [0.15, 0.2) is 157 Å². The topological polar surface area (TPSA) is 3.24 Å². The molecule has 0 saturated heterocycles. The third-order valence-electron chi connectivity index (χ3n) is 8.07. The molecule has 4 aliphatic heterocycles. The molecule has 0 atom stereocenters. The fourth-order valence-electron chi connectivity index (χ4n) is 6.36. The maximum Gasteiger partial charge on any atom is 0.235 e. The smallest absolute Gasteiger partial charge is 0.235 e. The summed E-state index contributed by atoms with van der Waals surface area (Å²) in [4.78, 5) is 2.36. The minimum absolute atomic E-state index is 0.212. The molecule has 4 aromatic carbocycles. The SMILES string of the molecule is C1=CC2=C3C(=C4C=C(c5ccccc5)C=CB4c4ccc(-c5ccccc5)cc43)c3ccccc3N2C=C1. The van der Waals surface area contributed by atoms with E-state index < -0.39 is 0 Å². The van der Waals surface area contributed by atoms with E-state index >= 15 is 0 Å². The van der Waals surface area contributed by atoms with Crippen LogP contribution >= 0.6 is 0 Å². The van der Waals surface area contributed by atoms with Gasteiger partial charge >= 0.3 is 0 Å². The maximum atomic E-state index is 2.43. The van der Waals surface area contributed by atoms with E-state index in [2.05, 4.69) is 151 Å². The third kappa shape index (κ3) is 3.14. The summed E-state index contributed by atoms with van der Waals surface area (Å²) >= 11 is 0. The van der Waals surface area contributed by atoms with Gasteiger partial charge in [0.2, 0.25) is 6.71 Å². The van der Waals surface area contributed by atoms with Crippen molar-refractivity contribution in [2.45, 2.75) is 0 Å². The van der Waals surface area contributed by atoms with Gasteiger partial charge < -0.3 is 4.90 Å². The number of fused-ring (bicyclic) bond motifs is 9. The predicted octanol–water partition coefficient (Wildman–Crippen LogP) is 7.87. The first kappa shape index (κ1) is 21.3. The van der Waals surface area contributed by atoms with E-state index in [1.54, 1.807) is 0 Å². The number of nitrogens with zero attached hydrogens (tertiary/aromatic N) is 1. The molecule has 0 amide bonds. The monoisotopic (exact) mass is 481 g/mol. The highest BCUT2D eigenvalue weighted by Crippen LogP contribution is 2.51. The van der Waals surface area contributed by atoms with Crippen molar-refractivity contribution in [3.63, 3.8) is 0 Å². The van der Waals surface area contributed by atoms with Crippen molar-refractivity contribution < 1.29 is 0 Å². The van der Waals surface area contributed by atoms with Crippen LogP contribution in [0.2, 0.25) is 0 Å². The predicted molar refractivity (Wildman–Crippen MR) is 162 cm³/mol. The molecule has 0 spiro atoms. The minimum atomic E-state index is 0.212. The van der Waals surface area contributed by atoms with Gasteiger partial charge in [-0.05, 0) is 57.7 Å². The van der Waals surface area contributed by atoms with Gasteiger partial charge in [-0.25, -0.2) is 0 Å². The number of para-hydroxylation sites is 1. The Kier molecular flexibility index (Phi) is 4.68. The molecule has 176 valence electrons. The lowest BCUT2D eigenvalue weighted by Crippen LogP contribution is -2.40. The van der Waals surface area contributed by atoms with Gasteiger partial charge in [0.15, 0.2) is 0 Å². The van der Waals surface area contributed by atoms with Crippen molar-refractivity contribution in [2.75, 3.05) is 4.90 Å². The van der Waals surface area contributed by atoms with E-state index in [1.807, 2.05) is 0 Å². The van der Waals surface area contributed by atoms with E-state index in [4.69, 9.17) is 0 Å². The molecule has 0 saturated carbocycles. The first-order chi connectivity index (χ1) is 18.9. The Labute approximate surface area is 223 Å². The summed E-state index contributed by atoms with van der Waals surface area (Å²) < 4.78 is 0. The zero-order valence-corrected chi connectivity index (χ0v) is 20.9. The number of allylic oxidation sites excluding steroid dienone is 9. The molecule has 0 aliphatic carbocycles. The average molecular weight is 481 g/mol. The second-order valence-corrected chi connectivity index (χ2v) is 10.1. The van der Waals surface area contributed by atoms with Crippen LogP contribution in [-0.4, -0.2) is 6.71 Å². The van der Waals surface area contributed by atoms with Crippen LogP contribution in [-0.2, 0) is 0 Å². The van der Waals surface area contributed by atoms with Gasteiger partial charge in [0.05, 0.1) is 11.4 Å². The number of hydrogen-bond acceptors (Lipinski definition) is 1. The summed E-state index contributed by atoms with van der Waals surface area (Å²) in [6.07, 6.45) is 13.5. The molecular formula is C36H24BN. The number of rotatable bonds is 2. The van der Waals surface area contributed by atoms with Crippen LogP contribution in [0.25, 0.3) is 27.8 Å². The van der Waals surface area contributed by atoms with Crippen molar-refractivity contribution in [1.29, 1.82) is 0 Å². The van der Waals surface area contributed by atoms with Crippen LogP contribution < -0.4 is 10.4 Å². The highest BCUT2D eigenvalue weighted by Gasteiger charge is 2.39. The summed E-state index contributed by atoms with van der Waals surface area (Å²) in [5, 5.41) is 0. The van der Waals surface area contributed by atoms with Crippen molar-refractivity contribution in [3.8, 4) is 11.1 Å². The Bertz CT molecular complexity index is 1800. The van der Waals surface area contributed by atoms with E-state index in [-0.39, 0.29) is 6.71 Å². The first-order valence-corrected chi connectivity index (χ1v) is 13.2. The van der Waals surface area contributed by atoms with Crippen LogP contribution in [0.3, 0.4) is 0 Å². The highest BCUT2D eigenvalue weighted by molar-refractivity contribution is 6.88. The number of benzene rings is 4. The van der Waals surface area contributed by atoms with Crippen molar-refractivity contribution in [2.24, 2.45) is 0 Å². The van der Waals surface area contributed by atoms with Gasteiger partial charge in [0.1, 0.15) is 0 Å². The lowest BCUT2D eigenvalue weighted by molar-refractivity contribution is 1.17. The summed E-state index contributed by atoms with van der Waals surface area (Å²) in [5.41, 5.74) is 15.5. The Morgan fingerprint density at radius 2 is 1.34 bits per heavy atom. The van der Waals surface area contributed by atoms with Gasteiger partial charge in [0.25, 0.3) is 0 Å². The zero-order valence-electron chi connectivity index (χ0n) is 20.9. The molecule has 0 N–H and O–H groups in total. The van der Waals surface area contributed by atoms with Gasteiger partial charge in [-0.2, -0.15) is 0 Å². The molecule has 4 aliphatic rings. The Morgan fingerprint density at radius 1 is 0.579 bits per heavy atom. The molecule has 38 heavy (non-hydrogen) atoms. The normalized spacial score (nSPS) is 16.5. The molecule has 0 unspecified atom stereocenters. The van der Waals surface area contributed by atoms with Gasteiger partial charge in [-0.3, -0.25) is 0 Å². The Balaban J connectivity index is 1.45. The van der Waals surface area contributed by atoms with Crippen molar-refractivity contribution in [3.05, 3.63) is 174 Å². The average Bonchev–Trinajstić information content (AvgIpc) is 3.01. The molecular weight excluding hydrogens is 457 g/mol. The van der Waals surface area contributed by atoms with Crippen molar-refractivity contribution in [1.82, 2.24) is 0 Å². The minimum Gasteiger partial charge on any atom is -0.316 e. The standard InChI is InChI=1S/C36H24BN/c1-3-11-25(12-4-1)27-18-19-31-30(23-27)36-34-17-9-10-22-38(34)33-16-8-7-15-29(33)35(36)32-24-28(20-21-37(31)32)26-13-5-2-6-14-26/h1-24H. The van der Waals surface area contributed by atoms with Gasteiger partial charge in [-0.15, -0.1) is 5.98 Å². The lowest BCUT2D eigenvalue weighted by atomic mass is 9.34. The zero-order chi connectivity index (χ0) is 25.1. The van der Waals surface area contributed by atoms with Crippen LogP contribution in [0.4, 0.5) is 5.69 Å². The first-order valence-electron chi connectivity index (χ1n) is 13.2. The molecule has 2 heteroatoms. The Morgan fingerprint density at radius 3 is 2.18 bits per heavy atom. The van der Waals surface area contributed by atoms with Gasteiger partial charge in [-0.1, -0.05) is 120 Å². The highest BCUT2D eigenvalue weighted by atomic mass is 15.1. The molecule has 0 radical (unpaired) electrons. The fraction of sp³-hybridized carbons (Fsp3) is 0.